The lowest BCUT2D eigenvalue weighted by Crippen LogP contribution is -2.38. The summed E-state index contributed by atoms with van der Waals surface area (Å²) in [7, 11) is 1.75. The molecule has 0 saturated heterocycles. The maximum atomic E-state index is 5.66. The quantitative estimate of drug-likeness (QED) is 0.345. The largest absolute Gasteiger partial charge is 0.492 e. The third kappa shape index (κ3) is 5.07. The molecule has 0 aliphatic carbocycles. The van der Waals surface area contributed by atoms with Crippen LogP contribution >= 0.6 is 0 Å². The van der Waals surface area contributed by atoms with Gasteiger partial charge in [0.2, 0.25) is 0 Å². The molecule has 2 aromatic carbocycles. The first kappa shape index (κ1) is 17.5. The molecule has 3 aromatic rings. The van der Waals surface area contributed by atoms with Crippen molar-refractivity contribution in [3.05, 3.63) is 66.5 Å². The molecule has 0 amide bonds. The zero-order valence-corrected chi connectivity index (χ0v) is 14.6. The molecule has 0 saturated carbocycles. The molecule has 3 N–H and O–H groups in total. The van der Waals surface area contributed by atoms with Gasteiger partial charge in [-0.1, -0.05) is 36.4 Å². The van der Waals surface area contributed by atoms with Crippen molar-refractivity contribution < 1.29 is 4.74 Å². The van der Waals surface area contributed by atoms with Crippen LogP contribution in [0.4, 0.5) is 0 Å². The summed E-state index contributed by atoms with van der Waals surface area (Å²) in [5.41, 5.74) is 2.13. The second kappa shape index (κ2) is 9.22. The van der Waals surface area contributed by atoms with Gasteiger partial charge >= 0.3 is 0 Å². The Bertz CT molecular complexity index is 817. The van der Waals surface area contributed by atoms with Gasteiger partial charge in [-0.15, -0.1) is 0 Å². The minimum absolute atomic E-state index is 0.561. The van der Waals surface area contributed by atoms with E-state index in [0.29, 0.717) is 19.7 Å². The Morgan fingerprint density at radius 1 is 1.12 bits per heavy atom. The van der Waals surface area contributed by atoms with Crippen LogP contribution in [0.15, 0.2) is 65.9 Å². The van der Waals surface area contributed by atoms with Gasteiger partial charge in [-0.3, -0.25) is 10.1 Å². The fourth-order valence-electron chi connectivity index (χ4n) is 2.43. The van der Waals surface area contributed by atoms with E-state index in [1.807, 2.05) is 42.5 Å². The van der Waals surface area contributed by atoms with Crippen molar-refractivity contribution in [2.24, 2.45) is 4.99 Å². The summed E-state index contributed by atoms with van der Waals surface area (Å²) in [6.45, 7) is 1.87. The summed E-state index contributed by atoms with van der Waals surface area (Å²) in [5.74, 6) is 2.35. The lowest BCUT2D eigenvalue weighted by molar-refractivity contribution is 0.322. The molecule has 7 heteroatoms. The van der Waals surface area contributed by atoms with Gasteiger partial charge in [0, 0.05) is 19.2 Å². The van der Waals surface area contributed by atoms with Crippen molar-refractivity contribution in [2.45, 2.75) is 6.54 Å². The zero-order chi connectivity index (χ0) is 18.0. The Kier molecular flexibility index (Phi) is 6.19. The number of guanidine groups is 1. The van der Waals surface area contributed by atoms with Crippen LogP contribution in [-0.4, -0.2) is 41.3 Å². The predicted molar refractivity (Wildman–Crippen MR) is 102 cm³/mol. The van der Waals surface area contributed by atoms with E-state index >= 15 is 0 Å². The monoisotopic (exact) mass is 350 g/mol. The molecular weight excluding hydrogens is 328 g/mol. The number of ether oxygens (including phenoxy) is 1. The fraction of sp³-hybridized carbons (Fsp3) is 0.211. The second-order valence-electron chi connectivity index (χ2n) is 5.55. The van der Waals surface area contributed by atoms with E-state index in [4.69, 9.17) is 4.74 Å². The maximum Gasteiger partial charge on any atom is 0.191 e. The zero-order valence-electron chi connectivity index (χ0n) is 14.6. The van der Waals surface area contributed by atoms with E-state index in [-0.39, 0.29) is 0 Å². The van der Waals surface area contributed by atoms with Gasteiger partial charge in [0.25, 0.3) is 0 Å². The standard InChI is InChI=1S/C19H22N6O/c1-20-19(21-10-11-26-17-8-3-2-4-9-17)22-13-15-6-5-7-16(12-15)18-23-14-24-25-18/h2-9,12,14H,10-11,13H2,1H3,(H2,20,21,22)(H,23,24,25). The molecule has 1 heterocycles. The molecule has 0 atom stereocenters. The van der Waals surface area contributed by atoms with Crippen molar-refractivity contribution in [1.29, 1.82) is 0 Å². The summed E-state index contributed by atoms with van der Waals surface area (Å²) >= 11 is 0. The topological polar surface area (TPSA) is 87.2 Å². The molecule has 134 valence electrons. The number of aliphatic imine (C=N–C) groups is 1. The summed E-state index contributed by atoms with van der Waals surface area (Å²) in [4.78, 5) is 8.41. The van der Waals surface area contributed by atoms with E-state index in [0.717, 1.165) is 28.7 Å². The van der Waals surface area contributed by atoms with Crippen LogP contribution in [0.2, 0.25) is 0 Å². The number of nitrogens with one attached hydrogen (secondary N) is 3. The SMILES string of the molecule is CN=C(NCCOc1ccccc1)NCc1cccc(-c2ncn[nH]2)c1. The normalized spacial score (nSPS) is 11.2. The number of rotatable bonds is 7. The summed E-state index contributed by atoms with van der Waals surface area (Å²) in [5, 5.41) is 13.3. The van der Waals surface area contributed by atoms with Gasteiger partial charge in [-0.05, 0) is 23.8 Å². The first-order chi connectivity index (χ1) is 12.8. The van der Waals surface area contributed by atoms with Crippen LogP contribution in [0.3, 0.4) is 0 Å². The molecule has 26 heavy (non-hydrogen) atoms. The van der Waals surface area contributed by atoms with E-state index in [2.05, 4.69) is 42.9 Å². The van der Waals surface area contributed by atoms with Gasteiger partial charge in [-0.25, -0.2) is 4.98 Å². The first-order valence-electron chi connectivity index (χ1n) is 8.42. The highest BCUT2D eigenvalue weighted by molar-refractivity contribution is 5.79. The number of aromatic nitrogens is 3. The molecular formula is C19H22N6O. The third-order valence-electron chi connectivity index (χ3n) is 3.71. The number of hydrogen-bond acceptors (Lipinski definition) is 4. The van der Waals surface area contributed by atoms with Gasteiger partial charge in [-0.2, -0.15) is 5.10 Å². The van der Waals surface area contributed by atoms with Crippen LogP contribution in [0.1, 0.15) is 5.56 Å². The van der Waals surface area contributed by atoms with Gasteiger partial charge < -0.3 is 15.4 Å². The lowest BCUT2D eigenvalue weighted by atomic mass is 10.1. The molecule has 0 aliphatic rings. The average Bonchev–Trinajstić information content (AvgIpc) is 3.23. The number of nitrogens with zero attached hydrogens (tertiary/aromatic N) is 3. The third-order valence-corrected chi connectivity index (χ3v) is 3.71. The molecule has 1 aromatic heterocycles. The first-order valence-corrected chi connectivity index (χ1v) is 8.42. The van der Waals surface area contributed by atoms with E-state index < -0.39 is 0 Å². The van der Waals surface area contributed by atoms with Crippen LogP contribution in [0, 0.1) is 0 Å². The minimum Gasteiger partial charge on any atom is -0.492 e. The number of benzene rings is 2. The van der Waals surface area contributed by atoms with Crippen molar-refractivity contribution in [3.8, 4) is 17.1 Å². The van der Waals surface area contributed by atoms with Crippen LogP contribution in [0.5, 0.6) is 5.75 Å². The van der Waals surface area contributed by atoms with Gasteiger partial charge in [0.15, 0.2) is 11.8 Å². The van der Waals surface area contributed by atoms with E-state index in [9.17, 15) is 0 Å². The molecule has 7 nitrogen and oxygen atoms in total. The number of para-hydroxylation sites is 1. The molecule has 0 aliphatic heterocycles. The van der Waals surface area contributed by atoms with Gasteiger partial charge in [0.05, 0.1) is 6.54 Å². The van der Waals surface area contributed by atoms with Crippen LogP contribution in [0.25, 0.3) is 11.4 Å². The number of aromatic amines is 1. The fourth-order valence-corrected chi connectivity index (χ4v) is 2.43. The number of H-pyrrole nitrogens is 1. The Labute approximate surface area is 152 Å². The Hall–Kier alpha value is -3.35. The lowest BCUT2D eigenvalue weighted by Gasteiger charge is -2.13. The Balaban J connectivity index is 1.45. The molecule has 0 fully saturated rings. The molecule has 0 spiro atoms. The molecule has 3 rings (SSSR count). The number of hydrogen-bond donors (Lipinski definition) is 3. The summed E-state index contributed by atoms with van der Waals surface area (Å²) < 4.78 is 5.66. The minimum atomic E-state index is 0.561. The predicted octanol–water partition coefficient (Wildman–Crippen LogP) is 2.22. The van der Waals surface area contributed by atoms with Gasteiger partial charge in [0.1, 0.15) is 18.7 Å². The highest BCUT2D eigenvalue weighted by Crippen LogP contribution is 2.15. The van der Waals surface area contributed by atoms with E-state index in [1.165, 1.54) is 6.33 Å². The summed E-state index contributed by atoms with van der Waals surface area (Å²) in [6.07, 6.45) is 1.50. The van der Waals surface area contributed by atoms with Crippen molar-refractivity contribution in [1.82, 2.24) is 25.8 Å². The van der Waals surface area contributed by atoms with Crippen LogP contribution in [-0.2, 0) is 6.54 Å². The Morgan fingerprint density at radius 3 is 2.77 bits per heavy atom. The van der Waals surface area contributed by atoms with Crippen molar-refractivity contribution in [2.75, 3.05) is 20.2 Å². The Morgan fingerprint density at radius 2 is 2.00 bits per heavy atom. The molecule has 0 radical (unpaired) electrons. The van der Waals surface area contributed by atoms with Crippen LogP contribution < -0.4 is 15.4 Å². The van der Waals surface area contributed by atoms with Crippen molar-refractivity contribution in [3.63, 3.8) is 0 Å². The summed E-state index contributed by atoms with van der Waals surface area (Å²) in [6, 6.07) is 17.9. The smallest absolute Gasteiger partial charge is 0.191 e. The van der Waals surface area contributed by atoms with Crippen molar-refractivity contribution >= 4 is 5.96 Å². The molecule has 0 unspecified atom stereocenters. The molecule has 0 bridgehead atoms. The maximum absolute atomic E-state index is 5.66. The second-order valence-corrected chi connectivity index (χ2v) is 5.55. The average molecular weight is 350 g/mol. The van der Waals surface area contributed by atoms with E-state index in [1.54, 1.807) is 7.05 Å². The highest BCUT2D eigenvalue weighted by atomic mass is 16.5. The highest BCUT2D eigenvalue weighted by Gasteiger charge is 2.03.